The summed E-state index contributed by atoms with van der Waals surface area (Å²) in [7, 11) is 0. The Morgan fingerprint density at radius 1 is 1.35 bits per heavy atom. The van der Waals surface area contributed by atoms with Crippen molar-refractivity contribution in [1.82, 2.24) is 5.32 Å². The van der Waals surface area contributed by atoms with Gasteiger partial charge >= 0.3 is 0 Å². The van der Waals surface area contributed by atoms with Crippen LogP contribution < -0.4 is 5.32 Å². The van der Waals surface area contributed by atoms with Crippen molar-refractivity contribution in [3.63, 3.8) is 0 Å². The van der Waals surface area contributed by atoms with Gasteiger partial charge in [0.25, 0.3) is 0 Å². The number of aryl methyl sites for hydroxylation is 1. The van der Waals surface area contributed by atoms with E-state index in [1.54, 1.807) is 6.26 Å². The molecule has 1 heterocycles. The fraction of sp³-hybridized carbons (Fsp3) is 0.714. The van der Waals surface area contributed by atoms with Gasteiger partial charge in [0.2, 0.25) is 0 Å². The predicted octanol–water partition coefficient (Wildman–Crippen LogP) is 3.74. The topological polar surface area (TPSA) is 25.2 Å². The second-order valence-electron chi connectivity index (χ2n) is 5.08. The van der Waals surface area contributed by atoms with Crippen molar-refractivity contribution in [1.29, 1.82) is 0 Å². The fourth-order valence-electron chi connectivity index (χ4n) is 2.64. The summed E-state index contributed by atoms with van der Waals surface area (Å²) in [5.74, 6) is 1.08. The minimum Gasteiger partial charge on any atom is -0.468 e. The minimum absolute atomic E-state index is 0.471. The lowest BCUT2D eigenvalue weighted by Crippen LogP contribution is -2.39. The number of hydrogen-bond donors (Lipinski definition) is 1. The lowest BCUT2D eigenvalue weighted by Gasteiger charge is -2.36. The molecule has 3 heteroatoms. The van der Waals surface area contributed by atoms with Gasteiger partial charge in [-0.3, -0.25) is 0 Å². The maximum absolute atomic E-state index is 5.45. The summed E-state index contributed by atoms with van der Waals surface area (Å²) in [5, 5.41) is 3.58. The number of nitrogens with one attached hydrogen (secondary N) is 1. The van der Waals surface area contributed by atoms with Crippen LogP contribution in [-0.4, -0.2) is 17.5 Å². The van der Waals surface area contributed by atoms with Crippen molar-refractivity contribution in [2.75, 3.05) is 12.8 Å². The summed E-state index contributed by atoms with van der Waals surface area (Å²) in [5.41, 5.74) is 1.25. The molecule has 2 nitrogen and oxygen atoms in total. The molecule has 2 rings (SSSR count). The molecule has 1 saturated carbocycles. The molecule has 0 atom stereocenters. The Balaban J connectivity index is 1.82. The molecular weight excluding hydrogens is 230 g/mol. The third-order valence-corrected chi connectivity index (χ3v) is 5.32. The molecule has 1 N–H and O–H groups in total. The summed E-state index contributed by atoms with van der Waals surface area (Å²) in [6, 6.07) is 2.03. The molecule has 1 aromatic heterocycles. The molecule has 1 fully saturated rings. The molecule has 0 aromatic carbocycles. The van der Waals surface area contributed by atoms with Gasteiger partial charge in [-0.1, -0.05) is 19.3 Å². The Bertz CT molecular complexity index is 342. The average Bonchev–Trinajstić information content (AvgIpc) is 2.76. The van der Waals surface area contributed by atoms with Crippen molar-refractivity contribution < 1.29 is 4.42 Å². The Hall–Kier alpha value is -0.410. The van der Waals surface area contributed by atoms with Gasteiger partial charge in [0.15, 0.2) is 0 Å². The zero-order valence-corrected chi connectivity index (χ0v) is 11.7. The second kappa shape index (κ2) is 5.96. The van der Waals surface area contributed by atoms with Gasteiger partial charge in [0, 0.05) is 11.3 Å². The van der Waals surface area contributed by atoms with E-state index in [0.717, 1.165) is 18.8 Å². The summed E-state index contributed by atoms with van der Waals surface area (Å²) < 4.78 is 5.92. The van der Waals surface area contributed by atoms with E-state index in [1.807, 2.05) is 17.8 Å². The number of thioether (sulfide) groups is 1. The largest absolute Gasteiger partial charge is 0.468 e. The SMILES string of the molecule is CSC1(CNCc2occc2C)CCCCC1. The van der Waals surface area contributed by atoms with Crippen molar-refractivity contribution in [2.24, 2.45) is 0 Å². The predicted molar refractivity (Wildman–Crippen MR) is 74.5 cm³/mol. The highest BCUT2D eigenvalue weighted by atomic mass is 32.2. The van der Waals surface area contributed by atoms with E-state index in [-0.39, 0.29) is 0 Å². The average molecular weight is 253 g/mol. The van der Waals surface area contributed by atoms with E-state index in [4.69, 9.17) is 4.42 Å². The van der Waals surface area contributed by atoms with E-state index in [0.29, 0.717) is 4.75 Å². The summed E-state index contributed by atoms with van der Waals surface area (Å²) >= 11 is 2.04. The van der Waals surface area contributed by atoms with Crippen LogP contribution in [0.4, 0.5) is 0 Å². The van der Waals surface area contributed by atoms with Crippen LogP contribution in [0.1, 0.15) is 43.4 Å². The van der Waals surface area contributed by atoms with Crippen LogP contribution in [0.2, 0.25) is 0 Å². The van der Waals surface area contributed by atoms with Gasteiger partial charge in [0.1, 0.15) is 5.76 Å². The number of rotatable bonds is 5. The van der Waals surface area contributed by atoms with E-state index < -0.39 is 0 Å². The molecular formula is C14H23NOS. The maximum Gasteiger partial charge on any atom is 0.120 e. The van der Waals surface area contributed by atoms with Crippen molar-refractivity contribution in [3.8, 4) is 0 Å². The second-order valence-corrected chi connectivity index (χ2v) is 6.35. The lowest BCUT2D eigenvalue weighted by atomic mass is 9.88. The molecule has 1 aliphatic rings. The molecule has 1 aromatic rings. The van der Waals surface area contributed by atoms with Gasteiger partial charge < -0.3 is 9.73 Å². The van der Waals surface area contributed by atoms with E-state index in [2.05, 4.69) is 18.5 Å². The highest BCUT2D eigenvalue weighted by Gasteiger charge is 2.30. The first-order valence-corrected chi connectivity index (χ1v) is 7.77. The Morgan fingerprint density at radius 2 is 2.12 bits per heavy atom. The maximum atomic E-state index is 5.45. The Morgan fingerprint density at radius 3 is 2.71 bits per heavy atom. The molecule has 17 heavy (non-hydrogen) atoms. The van der Waals surface area contributed by atoms with Crippen molar-refractivity contribution >= 4 is 11.8 Å². The summed E-state index contributed by atoms with van der Waals surface area (Å²) in [4.78, 5) is 0. The van der Waals surface area contributed by atoms with E-state index >= 15 is 0 Å². The highest BCUT2D eigenvalue weighted by molar-refractivity contribution is 8.00. The molecule has 0 amide bonds. The molecule has 0 bridgehead atoms. The van der Waals surface area contributed by atoms with Crippen LogP contribution in [0, 0.1) is 6.92 Å². The van der Waals surface area contributed by atoms with Gasteiger partial charge in [-0.2, -0.15) is 11.8 Å². The van der Waals surface area contributed by atoms with Crippen LogP contribution in [0.3, 0.4) is 0 Å². The quantitative estimate of drug-likeness (QED) is 0.865. The molecule has 96 valence electrons. The monoisotopic (exact) mass is 253 g/mol. The first-order chi connectivity index (χ1) is 8.26. The molecule has 0 radical (unpaired) electrons. The number of hydrogen-bond acceptors (Lipinski definition) is 3. The van der Waals surface area contributed by atoms with Gasteiger partial charge in [-0.05, 0) is 37.7 Å². The molecule has 0 spiro atoms. The van der Waals surface area contributed by atoms with Crippen LogP contribution in [-0.2, 0) is 6.54 Å². The fourth-order valence-corrected chi connectivity index (χ4v) is 3.58. The van der Waals surface area contributed by atoms with Gasteiger partial charge in [-0.15, -0.1) is 0 Å². The van der Waals surface area contributed by atoms with E-state index in [1.165, 1.54) is 37.7 Å². The van der Waals surface area contributed by atoms with E-state index in [9.17, 15) is 0 Å². The van der Waals surface area contributed by atoms with Crippen LogP contribution >= 0.6 is 11.8 Å². The lowest BCUT2D eigenvalue weighted by molar-refractivity contribution is 0.371. The first kappa shape index (κ1) is 13.0. The van der Waals surface area contributed by atoms with Crippen molar-refractivity contribution in [2.45, 2.75) is 50.3 Å². The van der Waals surface area contributed by atoms with Crippen LogP contribution in [0.15, 0.2) is 16.7 Å². The Kier molecular flexibility index (Phi) is 4.57. The first-order valence-electron chi connectivity index (χ1n) is 6.55. The zero-order chi connectivity index (χ0) is 12.1. The smallest absolute Gasteiger partial charge is 0.120 e. The summed E-state index contributed by atoms with van der Waals surface area (Å²) in [6.45, 7) is 4.07. The third-order valence-electron chi connectivity index (χ3n) is 3.90. The van der Waals surface area contributed by atoms with Crippen LogP contribution in [0.25, 0.3) is 0 Å². The normalized spacial score (nSPS) is 19.4. The van der Waals surface area contributed by atoms with Crippen LogP contribution in [0.5, 0.6) is 0 Å². The van der Waals surface area contributed by atoms with Gasteiger partial charge in [-0.25, -0.2) is 0 Å². The zero-order valence-electron chi connectivity index (χ0n) is 10.9. The van der Waals surface area contributed by atoms with Gasteiger partial charge in [0.05, 0.1) is 12.8 Å². The minimum atomic E-state index is 0.471. The third kappa shape index (κ3) is 3.29. The molecule has 1 aliphatic carbocycles. The summed E-state index contributed by atoms with van der Waals surface area (Å²) in [6.07, 6.45) is 10.9. The molecule has 0 unspecified atom stereocenters. The molecule has 0 aliphatic heterocycles. The number of furan rings is 1. The highest BCUT2D eigenvalue weighted by Crippen LogP contribution is 2.37. The Labute approximate surface area is 109 Å². The van der Waals surface area contributed by atoms with Crippen molar-refractivity contribution in [3.05, 3.63) is 23.7 Å². The standard InChI is InChI=1S/C14H23NOS/c1-12-6-9-16-13(12)10-15-11-14(17-2)7-4-3-5-8-14/h6,9,15H,3-5,7-8,10-11H2,1-2H3. The molecule has 0 saturated heterocycles.